The fraction of sp³-hybridized carbons (Fsp3) is 0.357. The second-order valence-electron chi connectivity index (χ2n) is 4.39. The Morgan fingerprint density at radius 2 is 2.18 bits per heavy atom. The van der Waals surface area contributed by atoms with Crippen LogP contribution in [0.1, 0.15) is 25.8 Å². The Labute approximate surface area is 101 Å². The third-order valence-electron chi connectivity index (χ3n) is 2.93. The van der Waals surface area contributed by atoms with Crippen molar-refractivity contribution in [2.75, 3.05) is 0 Å². The molecule has 0 fully saturated rings. The fourth-order valence-electron chi connectivity index (χ4n) is 2.06. The summed E-state index contributed by atoms with van der Waals surface area (Å²) < 4.78 is 0. The Morgan fingerprint density at radius 3 is 2.94 bits per heavy atom. The summed E-state index contributed by atoms with van der Waals surface area (Å²) in [4.78, 5) is 14.5. The number of carbonyl (C=O) groups excluding carboxylic acids is 1. The van der Waals surface area contributed by atoms with Gasteiger partial charge in [0.25, 0.3) is 0 Å². The number of aromatic amines is 1. The van der Waals surface area contributed by atoms with Gasteiger partial charge in [-0.1, -0.05) is 25.1 Å². The lowest BCUT2D eigenvalue weighted by Crippen LogP contribution is -2.33. The molecule has 0 saturated heterocycles. The highest BCUT2D eigenvalue weighted by Crippen LogP contribution is 2.18. The van der Waals surface area contributed by atoms with Crippen LogP contribution in [0.5, 0.6) is 0 Å². The molecule has 90 valence electrons. The van der Waals surface area contributed by atoms with E-state index in [1.165, 1.54) is 10.9 Å². The van der Waals surface area contributed by atoms with Gasteiger partial charge in [-0.05, 0) is 25.0 Å². The lowest BCUT2D eigenvalue weighted by Gasteiger charge is -2.12. The zero-order chi connectivity index (χ0) is 12.3. The third-order valence-corrected chi connectivity index (χ3v) is 2.93. The molecule has 1 heterocycles. The van der Waals surface area contributed by atoms with Gasteiger partial charge >= 0.3 is 0 Å². The Balaban J connectivity index is 2.10. The zero-order valence-electron chi connectivity index (χ0n) is 10.3. The van der Waals surface area contributed by atoms with E-state index in [9.17, 15) is 4.79 Å². The molecule has 3 heteroatoms. The molecule has 0 aliphatic heterocycles. The molecule has 0 aliphatic carbocycles. The van der Waals surface area contributed by atoms with Gasteiger partial charge in [0.1, 0.15) is 0 Å². The number of aromatic nitrogens is 1. The average molecular weight is 230 g/mol. The van der Waals surface area contributed by atoms with Crippen LogP contribution in [-0.4, -0.2) is 16.9 Å². The lowest BCUT2D eigenvalue weighted by molar-refractivity contribution is -0.121. The van der Waals surface area contributed by atoms with Crippen LogP contribution in [0.4, 0.5) is 0 Å². The van der Waals surface area contributed by atoms with Gasteiger partial charge in [0, 0.05) is 29.6 Å². The Morgan fingerprint density at radius 1 is 1.41 bits per heavy atom. The van der Waals surface area contributed by atoms with Crippen molar-refractivity contribution in [1.82, 2.24) is 10.3 Å². The molecule has 2 aromatic rings. The van der Waals surface area contributed by atoms with Crippen molar-refractivity contribution in [2.24, 2.45) is 0 Å². The molecule has 0 radical (unpaired) electrons. The zero-order valence-corrected chi connectivity index (χ0v) is 10.3. The normalized spacial score (nSPS) is 12.6. The van der Waals surface area contributed by atoms with Crippen molar-refractivity contribution in [2.45, 2.75) is 32.7 Å². The van der Waals surface area contributed by atoms with E-state index >= 15 is 0 Å². The van der Waals surface area contributed by atoms with Crippen LogP contribution in [0.2, 0.25) is 0 Å². The topological polar surface area (TPSA) is 44.9 Å². The number of rotatable bonds is 4. The summed E-state index contributed by atoms with van der Waals surface area (Å²) in [6.45, 7) is 3.91. The van der Waals surface area contributed by atoms with E-state index in [2.05, 4.69) is 22.4 Å². The van der Waals surface area contributed by atoms with Crippen molar-refractivity contribution in [3.05, 3.63) is 36.0 Å². The van der Waals surface area contributed by atoms with Gasteiger partial charge in [-0.15, -0.1) is 0 Å². The maximum atomic E-state index is 11.3. The summed E-state index contributed by atoms with van der Waals surface area (Å²) in [5.41, 5.74) is 2.40. The van der Waals surface area contributed by atoms with E-state index in [0.29, 0.717) is 6.42 Å². The van der Waals surface area contributed by atoms with Crippen molar-refractivity contribution in [3.8, 4) is 0 Å². The van der Waals surface area contributed by atoms with Gasteiger partial charge in [0.05, 0.1) is 0 Å². The summed E-state index contributed by atoms with van der Waals surface area (Å²) in [5, 5.41) is 4.22. The number of hydrogen-bond acceptors (Lipinski definition) is 1. The minimum atomic E-state index is 0.109. The summed E-state index contributed by atoms with van der Waals surface area (Å²) in [6.07, 6.45) is 3.42. The van der Waals surface area contributed by atoms with E-state index in [1.807, 2.05) is 32.2 Å². The molecule has 0 saturated carbocycles. The average Bonchev–Trinajstić information content (AvgIpc) is 2.72. The third kappa shape index (κ3) is 2.67. The minimum Gasteiger partial charge on any atom is -0.361 e. The van der Waals surface area contributed by atoms with Crippen LogP contribution in [0.25, 0.3) is 10.9 Å². The number of fused-ring (bicyclic) bond motifs is 1. The van der Waals surface area contributed by atoms with Gasteiger partial charge < -0.3 is 10.3 Å². The number of amides is 1. The van der Waals surface area contributed by atoms with E-state index in [4.69, 9.17) is 0 Å². The highest BCUT2D eigenvalue weighted by Gasteiger charge is 2.09. The predicted molar refractivity (Wildman–Crippen MR) is 69.9 cm³/mol. The summed E-state index contributed by atoms with van der Waals surface area (Å²) >= 11 is 0. The van der Waals surface area contributed by atoms with Crippen LogP contribution in [0.15, 0.2) is 30.5 Å². The van der Waals surface area contributed by atoms with E-state index < -0.39 is 0 Å². The predicted octanol–water partition coefficient (Wildman–Crippen LogP) is 2.63. The summed E-state index contributed by atoms with van der Waals surface area (Å²) in [7, 11) is 0. The monoisotopic (exact) mass is 230 g/mol. The molecule has 1 amide bonds. The van der Waals surface area contributed by atoms with Crippen molar-refractivity contribution >= 4 is 16.8 Å². The van der Waals surface area contributed by atoms with E-state index in [1.54, 1.807) is 0 Å². The van der Waals surface area contributed by atoms with Gasteiger partial charge in [-0.3, -0.25) is 4.79 Å². The van der Waals surface area contributed by atoms with Crippen LogP contribution < -0.4 is 5.32 Å². The number of para-hydroxylation sites is 1. The number of carbonyl (C=O) groups is 1. The Kier molecular flexibility index (Phi) is 3.47. The SMILES string of the molecule is CCC(=O)N[C@@H](C)Cc1c[nH]c2ccccc12. The molecule has 0 bridgehead atoms. The molecule has 1 aromatic carbocycles. The molecule has 3 nitrogen and oxygen atoms in total. The van der Waals surface area contributed by atoms with Crippen molar-refractivity contribution < 1.29 is 4.79 Å². The molecule has 2 N–H and O–H groups in total. The number of nitrogens with one attached hydrogen (secondary N) is 2. The largest absolute Gasteiger partial charge is 0.361 e. The molecule has 2 rings (SSSR count). The van der Waals surface area contributed by atoms with Gasteiger partial charge in [-0.25, -0.2) is 0 Å². The maximum absolute atomic E-state index is 11.3. The van der Waals surface area contributed by atoms with Crippen LogP contribution >= 0.6 is 0 Å². The second-order valence-corrected chi connectivity index (χ2v) is 4.39. The van der Waals surface area contributed by atoms with E-state index in [-0.39, 0.29) is 11.9 Å². The molecule has 0 aliphatic rings. The maximum Gasteiger partial charge on any atom is 0.219 e. The molecule has 1 aromatic heterocycles. The highest BCUT2D eigenvalue weighted by atomic mass is 16.1. The van der Waals surface area contributed by atoms with Gasteiger partial charge in [0.2, 0.25) is 5.91 Å². The first kappa shape index (κ1) is 11.7. The second kappa shape index (κ2) is 5.04. The Hall–Kier alpha value is -1.77. The summed E-state index contributed by atoms with van der Waals surface area (Å²) in [5.74, 6) is 0.109. The molecule has 1 atom stereocenters. The van der Waals surface area contributed by atoms with Crippen LogP contribution in [-0.2, 0) is 11.2 Å². The first-order chi connectivity index (χ1) is 8.20. The number of hydrogen-bond donors (Lipinski definition) is 2. The first-order valence-corrected chi connectivity index (χ1v) is 6.05. The minimum absolute atomic E-state index is 0.109. The quantitative estimate of drug-likeness (QED) is 0.833. The van der Waals surface area contributed by atoms with Crippen LogP contribution in [0, 0.1) is 0 Å². The van der Waals surface area contributed by atoms with Crippen molar-refractivity contribution in [1.29, 1.82) is 0 Å². The lowest BCUT2D eigenvalue weighted by atomic mass is 10.1. The molecular weight excluding hydrogens is 212 g/mol. The molecule has 0 spiro atoms. The fourth-order valence-corrected chi connectivity index (χ4v) is 2.06. The van der Waals surface area contributed by atoms with Gasteiger partial charge in [0.15, 0.2) is 0 Å². The molecule has 17 heavy (non-hydrogen) atoms. The molecule has 0 unspecified atom stereocenters. The van der Waals surface area contributed by atoms with E-state index in [0.717, 1.165) is 11.9 Å². The standard InChI is InChI=1S/C14H18N2O/c1-3-14(17)16-10(2)8-11-9-15-13-7-5-4-6-12(11)13/h4-7,9-10,15H,3,8H2,1-2H3,(H,16,17)/t10-/m0/s1. The van der Waals surface area contributed by atoms with Crippen LogP contribution in [0.3, 0.4) is 0 Å². The van der Waals surface area contributed by atoms with Crippen molar-refractivity contribution in [3.63, 3.8) is 0 Å². The number of benzene rings is 1. The summed E-state index contributed by atoms with van der Waals surface area (Å²) in [6, 6.07) is 8.39. The molecular formula is C14H18N2O. The van der Waals surface area contributed by atoms with Gasteiger partial charge in [-0.2, -0.15) is 0 Å². The number of H-pyrrole nitrogens is 1. The first-order valence-electron chi connectivity index (χ1n) is 6.05. The Bertz CT molecular complexity index is 516. The highest BCUT2D eigenvalue weighted by molar-refractivity contribution is 5.83. The smallest absolute Gasteiger partial charge is 0.219 e.